The molecule has 5 heteroatoms. The number of hydrogen-bond acceptors (Lipinski definition) is 3. The van der Waals surface area contributed by atoms with E-state index in [1.165, 1.54) is 0 Å². The summed E-state index contributed by atoms with van der Waals surface area (Å²) in [5.74, 6) is 0.526. The summed E-state index contributed by atoms with van der Waals surface area (Å²) in [7, 11) is 0. The predicted octanol–water partition coefficient (Wildman–Crippen LogP) is 1.73. The molecule has 2 rings (SSSR count). The Bertz CT molecular complexity index is 562. The van der Waals surface area contributed by atoms with Crippen molar-refractivity contribution in [2.45, 2.75) is 19.8 Å². The Hall–Kier alpha value is -2.14. The third-order valence-electron chi connectivity index (χ3n) is 3.01. The molecule has 0 bridgehead atoms. The van der Waals surface area contributed by atoms with Crippen LogP contribution in [0.1, 0.15) is 28.4 Å². The molecule has 0 atom stereocenters. The molecule has 1 aromatic carbocycles. The van der Waals surface area contributed by atoms with E-state index in [0.29, 0.717) is 24.3 Å². The van der Waals surface area contributed by atoms with Gasteiger partial charge in [-0.25, -0.2) is 0 Å². The lowest BCUT2D eigenvalue weighted by atomic mass is 10.0. The van der Waals surface area contributed by atoms with E-state index in [2.05, 4.69) is 15.5 Å². The molecule has 0 spiro atoms. The number of hydrogen-bond donors (Lipinski definition) is 3. The highest BCUT2D eigenvalue weighted by atomic mass is 16.1. The lowest BCUT2D eigenvalue weighted by molar-refractivity contribution is 0.102. The summed E-state index contributed by atoms with van der Waals surface area (Å²) in [4.78, 5) is 12.3. The number of H-pyrrole nitrogens is 1. The molecular weight excluding hydrogens is 240 g/mol. The van der Waals surface area contributed by atoms with Crippen LogP contribution in [0.25, 0.3) is 0 Å². The van der Waals surface area contributed by atoms with Crippen LogP contribution in [0.5, 0.6) is 0 Å². The molecule has 0 aliphatic rings. The van der Waals surface area contributed by atoms with Gasteiger partial charge in [-0.1, -0.05) is 25.1 Å². The van der Waals surface area contributed by atoms with Gasteiger partial charge in [-0.3, -0.25) is 9.89 Å². The molecule has 4 N–H and O–H groups in total. The smallest absolute Gasteiger partial charge is 0.257 e. The number of aromatic amines is 1. The Morgan fingerprint density at radius 3 is 2.89 bits per heavy atom. The van der Waals surface area contributed by atoms with Gasteiger partial charge in [-0.2, -0.15) is 5.10 Å². The first-order valence-electron chi connectivity index (χ1n) is 6.37. The average Bonchev–Trinajstić information content (AvgIpc) is 2.87. The van der Waals surface area contributed by atoms with Crippen LogP contribution < -0.4 is 11.1 Å². The highest BCUT2D eigenvalue weighted by molar-refractivity contribution is 6.05. The Labute approximate surface area is 112 Å². The Morgan fingerprint density at radius 1 is 1.37 bits per heavy atom. The van der Waals surface area contributed by atoms with E-state index in [4.69, 9.17) is 5.73 Å². The fourth-order valence-electron chi connectivity index (χ4n) is 1.98. The minimum atomic E-state index is -0.136. The highest BCUT2D eigenvalue weighted by Crippen LogP contribution is 2.15. The fourth-order valence-corrected chi connectivity index (χ4v) is 1.98. The monoisotopic (exact) mass is 258 g/mol. The van der Waals surface area contributed by atoms with Crippen molar-refractivity contribution in [3.05, 3.63) is 47.2 Å². The van der Waals surface area contributed by atoms with Crippen molar-refractivity contribution in [2.24, 2.45) is 5.73 Å². The first-order valence-corrected chi connectivity index (χ1v) is 6.37. The van der Waals surface area contributed by atoms with Crippen molar-refractivity contribution in [2.75, 3.05) is 11.9 Å². The number of nitrogens with zero attached hydrogens (tertiary/aromatic N) is 1. The second kappa shape index (κ2) is 6.15. The molecule has 100 valence electrons. The zero-order chi connectivity index (χ0) is 13.7. The molecule has 0 unspecified atom stereocenters. The maximum atomic E-state index is 12.3. The molecule has 1 amide bonds. The van der Waals surface area contributed by atoms with Gasteiger partial charge in [-0.15, -0.1) is 0 Å². The van der Waals surface area contributed by atoms with Gasteiger partial charge in [0.05, 0.1) is 6.20 Å². The predicted molar refractivity (Wildman–Crippen MR) is 75.1 cm³/mol. The van der Waals surface area contributed by atoms with E-state index in [0.717, 1.165) is 17.5 Å². The molecule has 19 heavy (non-hydrogen) atoms. The summed E-state index contributed by atoms with van der Waals surface area (Å²) in [6.07, 6.45) is 3.23. The van der Waals surface area contributed by atoms with Gasteiger partial charge in [0.1, 0.15) is 5.82 Å². The lowest BCUT2D eigenvalue weighted by Crippen LogP contribution is -2.16. The van der Waals surface area contributed by atoms with Crippen molar-refractivity contribution in [1.82, 2.24) is 10.2 Å². The lowest BCUT2D eigenvalue weighted by Gasteiger charge is -2.09. The van der Waals surface area contributed by atoms with Crippen LogP contribution in [0.3, 0.4) is 0 Å². The van der Waals surface area contributed by atoms with Gasteiger partial charge in [0, 0.05) is 11.1 Å². The number of rotatable bonds is 5. The fraction of sp³-hybridized carbons (Fsp3) is 0.286. The molecule has 2 aromatic rings. The van der Waals surface area contributed by atoms with Gasteiger partial charge < -0.3 is 11.1 Å². The summed E-state index contributed by atoms with van der Waals surface area (Å²) in [5.41, 5.74) is 8.17. The second-order valence-corrected chi connectivity index (χ2v) is 4.27. The number of benzene rings is 1. The number of aromatic nitrogens is 2. The van der Waals surface area contributed by atoms with Crippen LogP contribution in [0.2, 0.25) is 0 Å². The quantitative estimate of drug-likeness (QED) is 0.763. The van der Waals surface area contributed by atoms with Crippen molar-refractivity contribution < 1.29 is 4.79 Å². The zero-order valence-corrected chi connectivity index (χ0v) is 10.9. The number of aryl methyl sites for hydroxylation is 1. The molecule has 0 aliphatic heterocycles. The van der Waals surface area contributed by atoms with Crippen LogP contribution in [0, 0.1) is 0 Å². The molecule has 0 radical (unpaired) electrons. The SMILES string of the molecule is CCc1cn[nH]c1NC(=O)c1ccccc1CCN. The topological polar surface area (TPSA) is 83.8 Å². The number of nitrogens with two attached hydrogens (primary N) is 1. The summed E-state index contributed by atoms with van der Waals surface area (Å²) in [6.45, 7) is 2.54. The van der Waals surface area contributed by atoms with E-state index in [1.807, 2.05) is 31.2 Å². The summed E-state index contributed by atoms with van der Waals surface area (Å²) < 4.78 is 0. The molecule has 0 saturated carbocycles. The maximum absolute atomic E-state index is 12.3. The van der Waals surface area contributed by atoms with Gasteiger partial charge in [-0.05, 0) is 31.0 Å². The standard InChI is InChI=1S/C14H18N4O/c1-2-10-9-16-18-13(10)17-14(19)12-6-4-3-5-11(12)7-8-15/h3-6,9H,2,7-8,15H2,1H3,(H2,16,17,18,19). The molecule has 5 nitrogen and oxygen atoms in total. The minimum Gasteiger partial charge on any atom is -0.330 e. The first kappa shape index (κ1) is 13.3. The molecule has 1 aromatic heterocycles. The third-order valence-corrected chi connectivity index (χ3v) is 3.01. The Morgan fingerprint density at radius 2 is 2.16 bits per heavy atom. The normalized spacial score (nSPS) is 10.4. The van der Waals surface area contributed by atoms with Crippen LogP contribution in [-0.4, -0.2) is 22.6 Å². The average molecular weight is 258 g/mol. The van der Waals surface area contributed by atoms with E-state index in [-0.39, 0.29) is 5.91 Å². The van der Waals surface area contributed by atoms with Crippen molar-refractivity contribution in [3.63, 3.8) is 0 Å². The largest absolute Gasteiger partial charge is 0.330 e. The summed E-state index contributed by atoms with van der Waals surface area (Å²) >= 11 is 0. The molecule has 0 saturated heterocycles. The molecule has 0 fully saturated rings. The number of carbonyl (C=O) groups is 1. The number of anilines is 1. The van der Waals surface area contributed by atoms with E-state index >= 15 is 0 Å². The van der Waals surface area contributed by atoms with Crippen molar-refractivity contribution >= 4 is 11.7 Å². The van der Waals surface area contributed by atoms with Crippen molar-refractivity contribution in [1.29, 1.82) is 0 Å². The maximum Gasteiger partial charge on any atom is 0.257 e. The van der Waals surface area contributed by atoms with Crippen LogP contribution in [0.4, 0.5) is 5.82 Å². The highest BCUT2D eigenvalue weighted by Gasteiger charge is 2.13. The molecule has 0 aliphatic carbocycles. The van der Waals surface area contributed by atoms with E-state index in [1.54, 1.807) is 6.20 Å². The van der Waals surface area contributed by atoms with Crippen LogP contribution in [0.15, 0.2) is 30.5 Å². The summed E-state index contributed by atoms with van der Waals surface area (Å²) in [5, 5.41) is 9.60. The van der Waals surface area contributed by atoms with E-state index < -0.39 is 0 Å². The first-order chi connectivity index (χ1) is 9.26. The van der Waals surface area contributed by atoms with Gasteiger partial charge in [0.15, 0.2) is 0 Å². The van der Waals surface area contributed by atoms with Gasteiger partial charge in [0.25, 0.3) is 5.91 Å². The van der Waals surface area contributed by atoms with Crippen LogP contribution >= 0.6 is 0 Å². The van der Waals surface area contributed by atoms with Gasteiger partial charge >= 0.3 is 0 Å². The Kier molecular flexibility index (Phi) is 4.30. The minimum absolute atomic E-state index is 0.136. The molecular formula is C14H18N4O. The summed E-state index contributed by atoms with van der Waals surface area (Å²) in [6, 6.07) is 7.50. The van der Waals surface area contributed by atoms with Crippen LogP contribution in [-0.2, 0) is 12.8 Å². The number of carbonyl (C=O) groups excluding carboxylic acids is 1. The zero-order valence-electron chi connectivity index (χ0n) is 10.9. The number of nitrogens with one attached hydrogen (secondary N) is 2. The third kappa shape index (κ3) is 3.00. The Balaban J connectivity index is 2.20. The number of amides is 1. The van der Waals surface area contributed by atoms with Gasteiger partial charge in [0.2, 0.25) is 0 Å². The van der Waals surface area contributed by atoms with E-state index in [9.17, 15) is 4.79 Å². The van der Waals surface area contributed by atoms with Crippen molar-refractivity contribution in [3.8, 4) is 0 Å². The molecule has 1 heterocycles. The second-order valence-electron chi connectivity index (χ2n) is 4.27.